The Kier molecular flexibility index (Phi) is 5.54. The smallest absolute Gasteiger partial charge is 0.450 e. The fourth-order valence-corrected chi connectivity index (χ4v) is 3.99. The van der Waals surface area contributed by atoms with E-state index >= 15 is 0 Å². The second-order valence-electron chi connectivity index (χ2n) is 8.05. The van der Waals surface area contributed by atoms with Gasteiger partial charge in [0.1, 0.15) is 11.7 Å². The van der Waals surface area contributed by atoms with E-state index in [4.69, 9.17) is 4.74 Å². The van der Waals surface area contributed by atoms with Crippen molar-refractivity contribution in [3.05, 3.63) is 68.2 Å². The van der Waals surface area contributed by atoms with Crippen LogP contribution in [0.15, 0.2) is 52.5 Å². The number of nitrogens with zero attached hydrogens (tertiary/aromatic N) is 1. The average molecular weight is 437 g/mol. The lowest BCUT2D eigenvalue weighted by Gasteiger charge is -2.40. The molecular formula is C21H18F3NO6. The predicted octanol–water partition coefficient (Wildman–Crippen LogP) is 4.53. The van der Waals surface area contributed by atoms with Gasteiger partial charge < -0.3 is 9.47 Å². The number of methoxy groups -OCH3 is 1. The Balaban J connectivity index is 2.38. The number of alkyl halides is 3. The SMILES string of the molecule is COC(=O)C1=C(C(F)(F)F)OC2=C(C(=C=O)CC(C)(C)C2)C1c1cccc([N+](=O)[O-])c1. The number of allylic oxidation sites excluding steroid dienone is 4. The van der Waals surface area contributed by atoms with Crippen molar-refractivity contribution >= 4 is 17.6 Å². The maximum atomic E-state index is 13.9. The van der Waals surface area contributed by atoms with Gasteiger partial charge in [-0.2, -0.15) is 13.2 Å². The summed E-state index contributed by atoms with van der Waals surface area (Å²) in [6, 6.07) is 4.89. The van der Waals surface area contributed by atoms with Gasteiger partial charge in [-0.05, 0) is 17.4 Å². The number of hydrogen-bond donors (Lipinski definition) is 0. The fraction of sp³-hybridized carbons (Fsp3) is 0.381. The lowest BCUT2D eigenvalue weighted by atomic mass is 9.68. The molecule has 0 radical (unpaired) electrons. The molecule has 0 spiro atoms. The van der Waals surface area contributed by atoms with Gasteiger partial charge in [-0.15, -0.1) is 0 Å². The molecule has 31 heavy (non-hydrogen) atoms. The Morgan fingerprint density at radius 1 is 1.32 bits per heavy atom. The van der Waals surface area contributed by atoms with E-state index < -0.39 is 39.7 Å². The molecule has 0 N–H and O–H groups in total. The molecule has 3 rings (SSSR count). The van der Waals surface area contributed by atoms with Gasteiger partial charge in [-0.25, -0.2) is 9.59 Å². The predicted molar refractivity (Wildman–Crippen MR) is 101 cm³/mol. The zero-order valence-corrected chi connectivity index (χ0v) is 16.8. The molecule has 1 heterocycles. The maximum Gasteiger partial charge on any atom is 0.450 e. The highest BCUT2D eigenvalue weighted by Crippen LogP contribution is 2.54. The molecule has 1 aromatic rings. The number of carbonyl (C=O) groups is 1. The van der Waals surface area contributed by atoms with Crippen LogP contribution in [0.3, 0.4) is 0 Å². The first-order chi connectivity index (χ1) is 14.4. The van der Waals surface area contributed by atoms with E-state index in [1.54, 1.807) is 19.8 Å². The number of halogens is 3. The normalized spacial score (nSPS) is 20.6. The summed E-state index contributed by atoms with van der Waals surface area (Å²) in [4.78, 5) is 34.8. The number of nitro benzene ring substituents is 1. The Bertz CT molecular complexity index is 1080. The first-order valence-corrected chi connectivity index (χ1v) is 9.19. The minimum absolute atomic E-state index is 0.0274. The van der Waals surface area contributed by atoms with Gasteiger partial charge in [-0.3, -0.25) is 10.1 Å². The van der Waals surface area contributed by atoms with Crippen LogP contribution in [0, 0.1) is 15.5 Å². The second-order valence-corrected chi connectivity index (χ2v) is 8.05. The van der Waals surface area contributed by atoms with E-state index in [2.05, 4.69) is 4.74 Å². The Morgan fingerprint density at radius 2 is 2.00 bits per heavy atom. The van der Waals surface area contributed by atoms with Crippen molar-refractivity contribution in [2.75, 3.05) is 7.11 Å². The number of hydrogen-bond acceptors (Lipinski definition) is 6. The van der Waals surface area contributed by atoms with E-state index in [0.29, 0.717) is 0 Å². The summed E-state index contributed by atoms with van der Waals surface area (Å²) < 4.78 is 51.5. The second kappa shape index (κ2) is 7.70. The third-order valence-corrected chi connectivity index (χ3v) is 5.17. The number of benzene rings is 1. The number of non-ortho nitro benzene ring substituents is 1. The van der Waals surface area contributed by atoms with Crippen molar-refractivity contribution in [1.82, 2.24) is 0 Å². The van der Waals surface area contributed by atoms with Crippen molar-refractivity contribution in [2.45, 2.75) is 38.8 Å². The molecule has 164 valence electrons. The number of ether oxygens (including phenoxy) is 2. The molecule has 0 amide bonds. The van der Waals surface area contributed by atoms with Gasteiger partial charge in [0.25, 0.3) is 5.69 Å². The van der Waals surface area contributed by atoms with Gasteiger partial charge in [0.05, 0.1) is 17.6 Å². The number of esters is 1. The van der Waals surface area contributed by atoms with E-state index in [1.165, 1.54) is 18.2 Å². The maximum absolute atomic E-state index is 13.9. The monoisotopic (exact) mass is 437 g/mol. The van der Waals surface area contributed by atoms with Crippen LogP contribution in [0.25, 0.3) is 0 Å². The Morgan fingerprint density at radius 3 is 2.55 bits per heavy atom. The molecule has 1 atom stereocenters. The van der Waals surface area contributed by atoms with Crippen molar-refractivity contribution < 1.29 is 37.2 Å². The largest absolute Gasteiger partial charge is 0.466 e. The first kappa shape index (κ1) is 22.3. The summed E-state index contributed by atoms with van der Waals surface area (Å²) in [6.07, 6.45) is -4.80. The molecule has 0 saturated heterocycles. The molecule has 0 fully saturated rings. The first-order valence-electron chi connectivity index (χ1n) is 9.19. The summed E-state index contributed by atoms with van der Waals surface area (Å²) in [5.74, 6) is -2.67. The third kappa shape index (κ3) is 4.11. The van der Waals surface area contributed by atoms with E-state index in [9.17, 15) is 32.9 Å². The summed E-state index contributed by atoms with van der Waals surface area (Å²) in [5, 5.41) is 11.2. The van der Waals surface area contributed by atoms with Crippen LogP contribution in [-0.2, 0) is 19.1 Å². The van der Waals surface area contributed by atoms with Crippen LogP contribution in [0.1, 0.15) is 38.2 Å². The number of rotatable bonds is 3. The number of carbonyl (C=O) groups excluding carboxylic acids is 2. The fourth-order valence-electron chi connectivity index (χ4n) is 3.99. The van der Waals surface area contributed by atoms with E-state index in [1.807, 2.05) is 0 Å². The summed E-state index contributed by atoms with van der Waals surface area (Å²) in [6.45, 7) is 3.51. The van der Waals surface area contributed by atoms with Crippen LogP contribution in [-0.4, -0.2) is 30.1 Å². The Labute approximate surface area is 175 Å². The summed E-state index contributed by atoms with van der Waals surface area (Å²) >= 11 is 0. The molecule has 1 unspecified atom stereocenters. The number of nitro groups is 1. The summed E-state index contributed by atoms with van der Waals surface area (Å²) in [5.41, 5.74) is -1.72. The molecule has 7 nitrogen and oxygen atoms in total. The van der Waals surface area contributed by atoms with Gasteiger partial charge in [0.2, 0.25) is 5.76 Å². The molecule has 1 aliphatic carbocycles. The minimum atomic E-state index is -5.05. The van der Waals surface area contributed by atoms with E-state index in [-0.39, 0.29) is 41.0 Å². The highest BCUT2D eigenvalue weighted by Gasteiger charge is 2.51. The molecule has 1 aliphatic heterocycles. The molecule has 0 bridgehead atoms. The molecule has 2 aliphatic rings. The third-order valence-electron chi connectivity index (χ3n) is 5.17. The van der Waals surface area contributed by atoms with Gasteiger partial charge in [0.15, 0.2) is 0 Å². The highest BCUT2D eigenvalue weighted by atomic mass is 19.4. The van der Waals surface area contributed by atoms with Crippen LogP contribution in [0.5, 0.6) is 0 Å². The van der Waals surface area contributed by atoms with E-state index in [0.717, 1.165) is 13.2 Å². The van der Waals surface area contributed by atoms with Gasteiger partial charge >= 0.3 is 12.1 Å². The molecule has 10 heteroatoms. The zero-order valence-electron chi connectivity index (χ0n) is 16.8. The zero-order chi connectivity index (χ0) is 23.1. The van der Waals surface area contributed by atoms with Crippen molar-refractivity contribution in [1.29, 1.82) is 0 Å². The standard InChI is InChI=1S/C21H18F3NO6/c1-20(2)8-12(10-26)15-14(9-20)31-18(21(22,23)24)17(19(27)30-3)16(15)11-5-4-6-13(7-11)25(28)29/h4-7,16H,8-9H2,1-3H3. The van der Waals surface area contributed by atoms with Crippen molar-refractivity contribution in [3.63, 3.8) is 0 Å². The quantitative estimate of drug-likeness (QED) is 0.298. The molecule has 0 saturated carbocycles. The van der Waals surface area contributed by atoms with Crippen LogP contribution >= 0.6 is 0 Å². The topological polar surface area (TPSA) is 95.7 Å². The minimum Gasteiger partial charge on any atom is -0.466 e. The molecule has 1 aromatic carbocycles. The lowest BCUT2D eigenvalue weighted by Crippen LogP contribution is -2.34. The summed E-state index contributed by atoms with van der Waals surface area (Å²) in [7, 11) is 0.915. The van der Waals surface area contributed by atoms with Crippen LogP contribution < -0.4 is 0 Å². The van der Waals surface area contributed by atoms with Crippen molar-refractivity contribution in [2.24, 2.45) is 5.41 Å². The molecular weight excluding hydrogens is 419 g/mol. The lowest BCUT2D eigenvalue weighted by molar-refractivity contribution is -0.384. The Hall–Kier alpha value is -3.39. The van der Waals surface area contributed by atoms with Crippen molar-refractivity contribution in [3.8, 4) is 0 Å². The average Bonchev–Trinajstić information content (AvgIpc) is 2.69. The van der Waals surface area contributed by atoms with Crippen LogP contribution in [0.4, 0.5) is 18.9 Å². The highest BCUT2D eigenvalue weighted by molar-refractivity contribution is 5.93. The van der Waals surface area contributed by atoms with Crippen LogP contribution in [0.2, 0.25) is 0 Å². The van der Waals surface area contributed by atoms with Gasteiger partial charge in [0, 0.05) is 35.6 Å². The molecule has 0 aromatic heterocycles. The van der Waals surface area contributed by atoms with Gasteiger partial charge in [-0.1, -0.05) is 26.0 Å².